The maximum Gasteiger partial charge on any atom is 0.258 e. The smallest absolute Gasteiger partial charge is 0.258 e. The van der Waals surface area contributed by atoms with Crippen molar-refractivity contribution in [1.82, 2.24) is 5.32 Å². The van der Waals surface area contributed by atoms with Crippen LogP contribution >= 0.6 is 0 Å². The number of nitrogens with two attached hydrogens (primary N) is 1. The summed E-state index contributed by atoms with van der Waals surface area (Å²) in [6.07, 6.45) is 0. The first-order valence-electron chi connectivity index (χ1n) is 8.07. The number of hydrogen-bond acceptors (Lipinski definition) is 6. The Hall–Kier alpha value is -3.42. The molecule has 2 rings (SSSR count). The van der Waals surface area contributed by atoms with E-state index in [4.69, 9.17) is 24.7 Å². The molecule has 8 nitrogen and oxygen atoms in total. The van der Waals surface area contributed by atoms with Crippen molar-refractivity contribution in [3.63, 3.8) is 0 Å². The van der Waals surface area contributed by atoms with Gasteiger partial charge in [-0.25, -0.2) is 0 Å². The van der Waals surface area contributed by atoms with Gasteiger partial charge in [0, 0.05) is 18.2 Å². The largest absolute Gasteiger partial charge is 0.496 e. The topological polar surface area (TPSA) is 109 Å². The molecule has 2 aromatic carbocycles. The molecule has 0 heterocycles. The maximum atomic E-state index is 12.1. The van der Waals surface area contributed by atoms with Crippen molar-refractivity contribution in [2.45, 2.75) is 6.54 Å². The normalized spacial score (nSPS) is 10.0. The van der Waals surface area contributed by atoms with E-state index < -0.39 is 5.91 Å². The van der Waals surface area contributed by atoms with Crippen LogP contribution in [0.3, 0.4) is 0 Å². The highest BCUT2D eigenvalue weighted by atomic mass is 16.5. The Balaban J connectivity index is 2.01. The SMILES string of the molecule is COc1cc(OC)c(OC)cc1CNC(=O)COc1ccccc1C(N)=O. The summed E-state index contributed by atoms with van der Waals surface area (Å²) in [5.41, 5.74) is 6.21. The highest BCUT2D eigenvalue weighted by molar-refractivity contribution is 5.95. The van der Waals surface area contributed by atoms with Crippen LogP contribution in [-0.2, 0) is 11.3 Å². The lowest BCUT2D eigenvalue weighted by Gasteiger charge is -2.15. The first kappa shape index (κ1) is 19.9. The molecule has 0 aliphatic carbocycles. The van der Waals surface area contributed by atoms with E-state index in [9.17, 15) is 9.59 Å². The lowest BCUT2D eigenvalue weighted by Crippen LogP contribution is -2.29. The first-order chi connectivity index (χ1) is 13.0. The van der Waals surface area contributed by atoms with Crippen LogP contribution in [0.25, 0.3) is 0 Å². The van der Waals surface area contributed by atoms with Crippen molar-refractivity contribution in [2.24, 2.45) is 5.73 Å². The van der Waals surface area contributed by atoms with E-state index in [-0.39, 0.29) is 30.4 Å². The van der Waals surface area contributed by atoms with E-state index in [1.54, 1.807) is 30.3 Å². The number of rotatable bonds is 9. The third kappa shape index (κ3) is 5.04. The van der Waals surface area contributed by atoms with Crippen LogP contribution in [0.5, 0.6) is 23.0 Å². The molecule has 8 heteroatoms. The van der Waals surface area contributed by atoms with Gasteiger partial charge in [0.15, 0.2) is 18.1 Å². The summed E-state index contributed by atoms with van der Waals surface area (Å²) in [6, 6.07) is 9.86. The molecule has 0 saturated heterocycles. The lowest BCUT2D eigenvalue weighted by molar-refractivity contribution is -0.123. The van der Waals surface area contributed by atoms with E-state index in [1.807, 2.05) is 0 Å². The van der Waals surface area contributed by atoms with E-state index in [0.29, 0.717) is 22.8 Å². The number of benzene rings is 2. The van der Waals surface area contributed by atoms with Crippen molar-refractivity contribution in [3.05, 3.63) is 47.5 Å². The molecule has 0 unspecified atom stereocenters. The number of methoxy groups -OCH3 is 3. The van der Waals surface area contributed by atoms with Gasteiger partial charge < -0.3 is 30.0 Å². The minimum Gasteiger partial charge on any atom is -0.496 e. The number of carbonyl (C=O) groups excluding carboxylic acids is 2. The fourth-order valence-corrected chi connectivity index (χ4v) is 2.41. The monoisotopic (exact) mass is 374 g/mol. The minimum absolute atomic E-state index is 0.198. The van der Waals surface area contributed by atoms with Gasteiger partial charge in [0.05, 0.1) is 26.9 Å². The number of nitrogens with one attached hydrogen (secondary N) is 1. The Kier molecular flexibility index (Phi) is 6.87. The van der Waals surface area contributed by atoms with Crippen LogP contribution < -0.4 is 30.0 Å². The Bertz CT molecular complexity index is 822. The van der Waals surface area contributed by atoms with Gasteiger partial charge in [-0.05, 0) is 18.2 Å². The Morgan fingerprint density at radius 2 is 1.56 bits per heavy atom. The molecule has 0 saturated carbocycles. The Morgan fingerprint density at radius 3 is 2.19 bits per heavy atom. The van der Waals surface area contributed by atoms with Gasteiger partial charge in [-0.2, -0.15) is 0 Å². The number of para-hydroxylation sites is 1. The van der Waals surface area contributed by atoms with Gasteiger partial charge in [0.2, 0.25) is 0 Å². The fraction of sp³-hybridized carbons (Fsp3) is 0.263. The fourth-order valence-electron chi connectivity index (χ4n) is 2.41. The molecular weight excluding hydrogens is 352 g/mol. The molecule has 2 amide bonds. The quantitative estimate of drug-likeness (QED) is 0.689. The van der Waals surface area contributed by atoms with Crippen molar-refractivity contribution < 1.29 is 28.5 Å². The van der Waals surface area contributed by atoms with Gasteiger partial charge in [-0.1, -0.05) is 12.1 Å². The summed E-state index contributed by atoms with van der Waals surface area (Å²) >= 11 is 0. The molecule has 0 radical (unpaired) electrons. The van der Waals surface area contributed by atoms with Gasteiger partial charge in [0.25, 0.3) is 11.8 Å². The zero-order valence-corrected chi connectivity index (χ0v) is 15.4. The minimum atomic E-state index is -0.624. The second-order valence-electron chi connectivity index (χ2n) is 5.44. The number of carbonyl (C=O) groups is 2. The average Bonchev–Trinajstić information content (AvgIpc) is 2.69. The predicted octanol–water partition coefficient (Wildman–Crippen LogP) is 1.51. The van der Waals surface area contributed by atoms with Gasteiger partial charge >= 0.3 is 0 Å². The molecule has 3 N–H and O–H groups in total. The molecule has 0 aliphatic rings. The second kappa shape index (κ2) is 9.33. The van der Waals surface area contributed by atoms with Crippen molar-refractivity contribution in [2.75, 3.05) is 27.9 Å². The molecule has 0 aliphatic heterocycles. The van der Waals surface area contributed by atoms with Crippen LogP contribution in [0.15, 0.2) is 36.4 Å². The number of primary amides is 1. The Morgan fingerprint density at radius 1 is 0.926 bits per heavy atom. The molecule has 0 bridgehead atoms. The van der Waals surface area contributed by atoms with Crippen LogP contribution in [-0.4, -0.2) is 39.8 Å². The molecule has 144 valence electrons. The molecule has 2 aromatic rings. The lowest BCUT2D eigenvalue weighted by atomic mass is 10.1. The van der Waals surface area contributed by atoms with E-state index in [0.717, 1.165) is 0 Å². The molecule has 27 heavy (non-hydrogen) atoms. The summed E-state index contributed by atoms with van der Waals surface area (Å²) in [5.74, 6) is 0.856. The number of amides is 2. The molecule has 0 atom stereocenters. The summed E-state index contributed by atoms with van der Waals surface area (Å²) in [6.45, 7) is -0.0664. The molecule has 0 fully saturated rings. The van der Waals surface area contributed by atoms with E-state index in [2.05, 4.69) is 5.32 Å². The van der Waals surface area contributed by atoms with Gasteiger partial charge in [-0.15, -0.1) is 0 Å². The molecular formula is C19H22N2O6. The molecule has 0 spiro atoms. The van der Waals surface area contributed by atoms with Crippen LogP contribution in [0, 0.1) is 0 Å². The highest BCUT2D eigenvalue weighted by Crippen LogP contribution is 2.34. The Labute approximate surface area is 157 Å². The first-order valence-corrected chi connectivity index (χ1v) is 8.07. The summed E-state index contributed by atoms with van der Waals surface area (Å²) in [4.78, 5) is 23.5. The van der Waals surface area contributed by atoms with Gasteiger partial charge in [-0.3, -0.25) is 9.59 Å². The van der Waals surface area contributed by atoms with E-state index >= 15 is 0 Å². The van der Waals surface area contributed by atoms with Crippen LogP contribution in [0.2, 0.25) is 0 Å². The number of ether oxygens (including phenoxy) is 4. The van der Waals surface area contributed by atoms with Crippen molar-refractivity contribution >= 4 is 11.8 Å². The maximum absolute atomic E-state index is 12.1. The zero-order chi connectivity index (χ0) is 19.8. The second-order valence-corrected chi connectivity index (χ2v) is 5.44. The van der Waals surface area contributed by atoms with Crippen LogP contribution in [0.1, 0.15) is 15.9 Å². The summed E-state index contributed by atoms with van der Waals surface area (Å²) in [5, 5.41) is 2.72. The zero-order valence-electron chi connectivity index (χ0n) is 15.4. The van der Waals surface area contributed by atoms with Gasteiger partial charge in [0.1, 0.15) is 11.5 Å². The van der Waals surface area contributed by atoms with E-state index in [1.165, 1.54) is 27.4 Å². The third-order valence-electron chi connectivity index (χ3n) is 3.77. The van der Waals surface area contributed by atoms with Crippen molar-refractivity contribution in [3.8, 4) is 23.0 Å². The number of hydrogen-bond donors (Lipinski definition) is 2. The molecule has 0 aromatic heterocycles. The third-order valence-corrected chi connectivity index (χ3v) is 3.77. The van der Waals surface area contributed by atoms with Crippen LogP contribution in [0.4, 0.5) is 0 Å². The predicted molar refractivity (Wildman–Crippen MR) is 98.4 cm³/mol. The van der Waals surface area contributed by atoms with Crippen molar-refractivity contribution in [1.29, 1.82) is 0 Å². The summed E-state index contributed by atoms with van der Waals surface area (Å²) in [7, 11) is 4.58. The summed E-state index contributed by atoms with van der Waals surface area (Å²) < 4.78 is 21.2. The highest BCUT2D eigenvalue weighted by Gasteiger charge is 2.14. The standard InChI is InChI=1S/C19H22N2O6/c1-24-15-9-17(26-3)16(25-2)8-12(15)10-21-18(22)11-27-14-7-5-4-6-13(14)19(20)23/h4-9H,10-11H2,1-3H3,(H2,20,23)(H,21,22). The average molecular weight is 374 g/mol.